The summed E-state index contributed by atoms with van der Waals surface area (Å²) in [4.78, 5) is 2.64. The SMILES string of the molecule is CCCCN1CCN(S(=O)(=O)c2cccc(OC)c2)CC1.Cl. The van der Waals surface area contributed by atoms with Gasteiger partial charge in [-0.2, -0.15) is 4.31 Å². The summed E-state index contributed by atoms with van der Waals surface area (Å²) in [7, 11) is -1.87. The molecule has 0 unspecified atom stereocenters. The third-order valence-electron chi connectivity index (χ3n) is 3.84. The van der Waals surface area contributed by atoms with Gasteiger partial charge in [0.15, 0.2) is 0 Å². The molecule has 0 N–H and O–H groups in total. The maximum atomic E-state index is 12.6. The van der Waals surface area contributed by atoms with Crippen molar-refractivity contribution in [2.24, 2.45) is 0 Å². The van der Waals surface area contributed by atoms with E-state index in [9.17, 15) is 8.42 Å². The molecule has 2 rings (SSSR count). The highest BCUT2D eigenvalue weighted by Gasteiger charge is 2.28. The van der Waals surface area contributed by atoms with E-state index in [-0.39, 0.29) is 12.4 Å². The largest absolute Gasteiger partial charge is 0.497 e. The maximum absolute atomic E-state index is 12.6. The van der Waals surface area contributed by atoms with Crippen LogP contribution in [0.2, 0.25) is 0 Å². The van der Waals surface area contributed by atoms with Crippen LogP contribution in [-0.2, 0) is 10.0 Å². The van der Waals surface area contributed by atoms with Gasteiger partial charge in [0, 0.05) is 32.2 Å². The summed E-state index contributed by atoms with van der Waals surface area (Å²) >= 11 is 0. The minimum atomic E-state index is -3.41. The van der Waals surface area contributed by atoms with Crippen molar-refractivity contribution in [3.63, 3.8) is 0 Å². The zero-order valence-electron chi connectivity index (χ0n) is 13.2. The highest BCUT2D eigenvalue weighted by atomic mass is 35.5. The lowest BCUT2D eigenvalue weighted by atomic mass is 10.3. The number of unbranched alkanes of at least 4 members (excludes halogenated alkanes) is 1. The highest BCUT2D eigenvalue weighted by Crippen LogP contribution is 2.21. The first-order chi connectivity index (χ1) is 10.1. The number of halogens is 1. The number of benzene rings is 1. The van der Waals surface area contributed by atoms with Gasteiger partial charge in [0.05, 0.1) is 12.0 Å². The summed E-state index contributed by atoms with van der Waals surface area (Å²) in [6, 6.07) is 6.67. The van der Waals surface area contributed by atoms with E-state index >= 15 is 0 Å². The Kier molecular flexibility index (Phi) is 7.62. The molecule has 0 saturated carbocycles. The molecule has 1 fully saturated rings. The molecule has 1 aromatic rings. The Balaban J connectivity index is 0.00000242. The molecule has 1 aliphatic rings. The van der Waals surface area contributed by atoms with Crippen LogP contribution in [0.15, 0.2) is 29.2 Å². The topological polar surface area (TPSA) is 49.9 Å². The molecule has 126 valence electrons. The number of hydrogen-bond acceptors (Lipinski definition) is 4. The fourth-order valence-electron chi connectivity index (χ4n) is 2.49. The van der Waals surface area contributed by atoms with Crippen LogP contribution >= 0.6 is 12.4 Å². The van der Waals surface area contributed by atoms with Gasteiger partial charge in [-0.1, -0.05) is 19.4 Å². The molecular formula is C15H25ClN2O3S. The van der Waals surface area contributed by atoms with Gasteiger partial charge < -0.3 is 9.64 Å². The number of nitrogens with zero attached hydrogens (tertiary/aromatic N) is 2. The molecule has 1 aliphatic heterocycles. The summed E-state index contributed by atoms with van der Waals surface area (Å²) in [5.74, 6) is 0.567. The number of hydrogen-bond donors (Lipinski definition) is 0. The van der Waals surface area contributed by atoms with Crippen molar-refractivity contribution in [2.45, 2.75) is 24.7 Å². The highest BCUT2D eigenvalue weighted by molar-refractivity contribution is 7.89. The van der Waals surface area contributed by atoms with Gasteiger partial charge in [-0.3, -0.25) is 0 Å². The Bertz CT molecular complexity index is 558. The van der Waals surface area contributed by atoms with E-state index in [4.69, 9.17) is 4.74 Å². The van der Waals surface area contributed by atoms with E-state index in [1.807, 2.05) is 0 Å². The first kappa shape index (κ1) is 19.2. The Morgan fingerprint density at radius 3 is 2.45 bits per heavy atom. The van der Waals surface area contributed by atoms with Crippen LogP contribution in [0.3, 0.4) is 0 Å². The van der Waals surface area contributed by atoms with E-state index < -0.39 is 10.0 Å². The summed E-state index contributed by atoms with van der Waals surface area (Å²) in [6.45, 7) is 5.96. The van der Waals surface area contributed by atoms with Gasteiger partial charge in [0.2, 0.25) is 10.0 Å². The Morgan fingerprint density at radius 2 is 1.86 bits per heavy atom. The van der Waals surface area contributed by atoms with Crippen molar-refractivity contribution in [2.75, 3.05) is 39.8 Å². The van der Waals surface area contributed by atoms with Gasteiger partial charge in [-0.25, -0.2) is 8.42 Å². The van der Waals surface area contributed by atoms with E-state index in [0.717, 1.165) is 19.6 Å². The van der Waals surface area contributed by atoms with Crippen LogP contribution in [0.1, 0.15) is 19.8 Å². The molecule has 0 aromatic heterocycles. The van der Waals surface area contributed by atoms with Crippen molar-refractivity contribution in [1.29, 1.82) is 0 Å². The third-order valence-corrected chi connectivity index (χ3v) is 5.73. The van der Waals surface area contributed by atoms with E-state index in [2.05, 4.69) is 11.8 Å². The first-order valence-electron chi connectivity index (χ1n) is 7.44. The van der Waals surface area contributed by atoms with Gasteiger partial charge in [-0.05, 0) is 25.1 Å². The minimum Gasteiger partial charge on any atom is -0.497 e. The zero-order valence-corrected chi connectivity index (χ0v) is 14.8. The summed E-state index contributed by atoms with van der Waals surface area (Å²) < 4.78 is 31.9. The van der Waals surface area contributed by atoms with E-state index in [1.54, 1.807) is 28.6 Å². The van der Waals surface area contributed by atoms with Crippen molar-refractivity contribution in [3.05, 3.63) is 24.3 Å². The number of methoxy groups -OCH3 is 1. The molecule has 0 aliphatic carbocycles. The predicted molar refractivity (Wildman–Crippen MR) is 90.3 cm³/mol. The quantitative estimate of drug-likeness (QED) is 0.791. The van der Waals surface area contributed by atoms with Crippen LogP contribution in [0, 0.1) is 0 Å². The van der Waals surface area contributed by atoms with Gasteiger partial charge in [-0.15, -0.1) is 12.4 Å². The summed E-state index contributed by atoms with van der Waals surface area (Å²) in [5, 5.41) is 0. The molecule has 22 heavy (non-hydrogen) atoms. The molecule has 0 amide bonds. The Labute approximate surface area is 139 Å². The third kappa shape index (κ3) is 4.59. The second-order valence-electron chi connectivity index (χ2n) is 5.28. The van der Waals surface area contributed by atoms with Crippen LogP contribution in [0.5, 0.6) is 5.75 Å². The molecule has 0 radical (unpaired) electrons. The van der Waals surface area contributed by atoms with Crippen molar-refractivity contribution in [1.82, 2.24) is 9.21 Å². The van der Waals surface area contributed by atoms with Crippen molar-refractivity contribution < 1.29 is 13.2 Å². The molecule has 1 aromatic carbocycles. The van der Waals surface area contributed by atoms with E-state index in [0.29, 0.717) is 23.7 Å². The normalized spacial score (nSPS) is 17.0. The maximum Gasteiger partial charge on any atom is 0.243 e. The zero-order chi connectivity index (χ0) is 15.3. The number of rotatable bonds is 6. The van der Waals surface area contributed by atoms with Gasteiger partial charge in [0.1, 0.15) is 5.75 Å². The molecule has 1 heterocycles. The minimum absolute atomic E-state index is 0. The lowest BCUT2D eigenvalue weighted by Crippen LogP contribution is -2.48. The Hall–Kier alpha value is -0.820. The fraction of sp³-hybridized carbons (Fsp3) is 0.600. The summed E-state index contributed by atoms with van der Waals surface area (Å²) in [5.41, 5.74) is 0. The second kappa shape index (κ2) is 8.72. The average Bonchev–Trinajstić information content (AvgIpc) is 2.53. The number of ether oxygens (including phenoxy) is 1. The summed E-state index contributed by atoms with van der Waals surface area (Å²) in [6.07, 6.45) is 2.34. The van der Waals surface area contributed by atoms with Crippen LogP contribution in [0.4, 0.5) is 0 Å². The molecule has 0 bridgehead atoms. The monoisotopic (exact) mass is 348 g/mol. The lowest BCUT2D eigenvalue weighted by molar-refractivity contribution is 0.186. The molecule has 1 saturated heterocycles. The van der Waals surface area contributed by atoms with Crippen molar-refractivity contribution in [3.8, 4) is 5.75 Å². The average molecular weight is 349 g/mol. The van der Waals surface area contributed by atoms with E-state index in [1.165, 1.54) is 20.0 Å². The Morgan fingerprint density at radius 1 is 1.18 bits per heavy atom. The van der Waals surface area contributed by atoms with Crippen LogP contribution in [0.25, 0.3) is 0 Å². The van der Waals surface area contributed by atoms with Gasteiger partial charge >= 0.3 is 0 Å². The van der Waals surface area contributed by atoms with Crippen LogP contribution in [-0.4, -0.2) is 57.5 Å². The van der Waals surface area contributed by atoms with Crippen molar-refractivity contribution >= 4 is 22.4 Å². The fourth-order valence-corrected chi connectivity index (χ4v) is 3.94. The molecule has 0 spiro atoms. The molecule has 5 nitrogen and oxygen atoms in total. The molecule has 0 atom stereocenters. The second-order valence-corrected chi connectivity index (χ2v) is 7.22. The molecular weight excluding hydrogens is 324 g/mol. The molecule has 7 heteroatoms. The lowest BCUT2D eigenvalue weighted by Gasteiger charge is -2.33. The van der Waals surface area contributed by atoms with Gasteiger partial charge in [0.25, 0.3) is 0 Å². The number of piperazine rings is 1. The predicted octanol–water partition coefficient (Wildman–Crippen LogP) is 2.22. The number of sulfonamides is 1. The smallest absolute Gasteiger partial charge is 0.243 e. The first-order valence-corrected chi connectivity index (χ1v) is 8.88. The standard InChI is InChI=1S/C15H24N2O3S.ClH/c1-3-4-8-16-9-11-17(12-10-16)21(18,19)15-7-5-6-14(13-15)20-2;/h5-7,13H,3-4,8-12H2,1-2H3;1H. The van der Waals surface area contributed by atoms with Crippen LogP contribution < -0.4 is 4.74 Å².